The van der Waals surface area contributed by atoms with Crippen LogP contribution in [-0.2, 0) is 10.7 Å². The number of amides is 1. The first-order valence-corrected chi connectivity index (χ1v) is 4.47. The molecular formula is C10H9F2NO2. The minimum absolute atomic E-state index is 0.124. The van der Waals surface area contributed by atoms with Gasteiger partial charge >= 0.3 is 6.09 Å². The highest BCUT2D eigenvalue weighted by atomic mass is 19.3. The molecular weight excluding hydrogens is 204 g/mol. The number of alkyl carbamates (subject to hydrolysis) is 1. The van der Waals surface area contributed by atoms with Crippen LogP contribution >= 0.6 is 0 Å². The molecule has 0 spiro atoms. The highest BCUT2D eigenvalue weighted by Gasteiger charge is 2.46. The molecule has 1 aromatic rings. The summed E-state index contributed by atoms with van der Waals surface area (Å²) in [7, 11) is 0. The van der Waals surface area contributed by atoms with Crippen LogP contribution < -0.4 is 5.32 Å². The minimum atomic E-state index is -3.10. The van der Waals surface area contributed by atoms with E-state index in [4.69, 9.17) is 0 Å². The quantitative estimate of drug-likeness (QED) is 0.814. The first-order valence-electron chi connectivity index (χ1n) is 4.47. The zero-order valence-electron chi connectivity index (χ0n) is 7.74. The van der Waals surface area contributed by atoms with Crippen LogP contribution in [0.5, 0.6) is 0 Å². The van der Waals surface area contributed by atoms with Crippen molar-refractivity contribution in [1.82, 2.24) is 5.32 Å². The molecule has 0 saturated carbocycles. The van der Waals surface area contributed by atoms with Crippen molar-refractivity contribution in [2.75, 3.05) is 6.61 Å². The summed E-state index contributed by atoms with van der Waals surface area (Å²) in [4.78, 5) is 10.7. The Bertz CT molecular complexity index is 367. The van der Waals surface area contributed by atoms with Crippen molar-refractivity contribution in [3.05, 3.63) is 35.9 Å². The van der Waals surface area contributed by atoms with Crippen LogP contribution in [0.2, 0.25) is 0 Å². The number of alkyl halides is 2. The van der Waals surface area contributed by atoms with E-state index in [-0.39, 0.29) is 12.2 Å². The molecule has 3 nitrogen and oxygen atoms in total. The molecule has 1 atom stereocenters. The third kappa shape index (κ3) is 1.77. The molecule has 2 rings (SSSR count). The average molecular weight is 213 g/mol. The second-order valence-corrected chi connectivity index (χ2v) is 3.28. The molecule has 1 aromatic carbocycles. The lowest BCUT2D eigenvalue weighted by molar-refractivity contribution is -0.0397. The Labute approximate surface area is 85.0 Å². The number of hydrogen-bond donors (Lipinski definition) is 1. The van der Waals surface area contributed by atoms with E-state index in [1.165, 1.54) is 24.3 Å². The van der Waals surface area contributed by atoms with Crippen LogP contribution in [0.15, 0.2) is 30.3 Å². The molecule has 1 heterocycles. The van der Waals surface area contributed by atoms with Crippen molar-refractivity contribution in [1.29, 1.82) is 0 Å². The Morgan fingerprint density at radius 2 is 2.00 bits per heavy atom. The number of rotatable bonds is 2. The van der Waals surface area contributed by atoms with Gasteiger partial charge in [-0.15, -0.1) is 0 Å². The summed E-state index contributed by atoms with van der Waals surface area (Å²) in [5, 5.41) is 2.08. The lowest BCUT2D eigenvalue weighted by Gasteiger charge is -2.21. The first kappa shape index (κ1) is 9.89. The van der Waals surface area contributed by atoms with Crippen LogP contribution in [-0.4, -0.2) is 18.7 Å². The van der Waals surface area contributed by atoms with Crippen molar-refractivity contribution < 1.29 is 18.3 Å². The summed E-state index contributed by atoms with van der Waals surface area (Å²) < 4.78 is 31.9. The van der Waals surface area contributed by atoms with Crippen LogP contribution in [0.25, 0.3) is 0 Å². The van der Waals surface area contributed by atoms with Gasteiger partial charge in [0, 0.05) is 5.56 Å². The van der Waals surface area contributed by atoms with Crippen LogP contribution in [0.4, 0.5) is 13.6 Å². The number of carbonyl (C=O) groups excluding carboxylic acids is 1. The second-order valence-electron chi connectivity index (χ2n) is 3.28. The monoisotopic (exact) mass is 213 g/mol. The van der Waals surface area contributed by atoms with Crippen molar-refractivity contribution >= 4 is 6.09 Å². The van der Waals surface area contributed by atoms with Crippen LogP contribution in [0.1, 0.15) is 5.56 Å². The Morgan fingerprint density at radius 1 is 1.33 bits per heavy atom. The molecule has 1 fully saturated rings. The summed E-state index contributed by atoms with van der Waals surface area (Å²) in [5.41, 5.74) is -0.124. The third-order valence-electron chi connectivity index (χ3n) is 2.27. The van der Waals surface area contributed by atoms with E-state index in [0.717, 1.165) is 0 Å². The Balaban J connectivity index is 2.23. The fourth-order valence-electron chi connectivity index (χ4n) is 1.44. The maximum atomic E-state index is 13.7. The predicted octanol–water partition coefficient (Wildman–Crippen LogP) is 1.89. The number of cyclic esters (lactones) is 1. The SMILES string of the molecule is O=C1NC(C(F)(F)c2ccccc2)CO1. The van der Waals surface area contributed by atoms with E-state index in [1.54, 1.807) is 6.07 Å². The molecule has 5 heteroatoms. The molecule has 1 N–H and O–H groups in total. The average Bonchev–Trinajstić information content (AvgIpc) is 2.67. The maximum absolute atomic E-state index is 13.7. The number of ether oxygens (including phenoxy) is 1. The maximum Gasteiger partial charge on any atom is 0.407 e. The molecule has 1 saturated heterocycles. The highest BCUT2D eigenvalue weighted by molar-refractivity contribution is 5.69. The molecule has 0 bridgehead atoms. The van der Waals surface area contributed by atoms with Gasteiger partial charge in [0.25, 0.3) is 5.92 Å². The molecule has 1 unspecified atom stereocenters. The molecule has 1 aliphatic heterocycles. The van der Waals surface area contributed by atoms with Gasteiger partial charge in [-0.25, -0.2) is 4.79 Å². The topological polar surface area (TPSA) is 38.3 Å². The van der Waals surface area contributed by atoms with Crippen LogP contribution in [0, 0.1) is 0 Å². The van der Waals surface area contributed by atoms with Gasteiger partial charge in [0.15, 0.2) is 0 Å². The lowest BCUT2D eigenvalue weighted by atomic mass is 10.0. The molecule has 0 aromatic heterocycles. The van der Waals surface area contributed by atoms with Crippen LogP contribution in [0.3, 0.4) is 0 Å². The second kappa shape index (κ2) is 3.49. The number of halogens is 2. The van der Waals surface area contributed by atoms with Gasteiger partial charge in [0.05, 0.1) is 0 Å². The number of benzene rings is 1. The molecule has 80 valence electrons. The number of hydrogen-bond acceptors (Lipinski definition) is 2. The standard InChI is InChI=1S/C10H9F2NO2/c11-10(12,7-4-2-1-3-5-7)8-6-15-9(14)13-8/h1-5,8H,6H2,(H,13,14). The highest BCUT2D eigenvalue weighted by Crippen LogP contribution is 2.33. The molecule has 0 radical (unpaired) electrons. The Morgan fingerprint density at radius 3 is 2.53 bits per heavy atom. The van der Waals surface area contributed by atoms with Crippen molar-refractivity contribution in [3.8, 4) is 0 Å². The summed E-state index contributed by atoms with van der Waals surface area (Å²) in [5.74, 6) is -3.10. The van der Waals surface area contributed by atoms with Gasteiger partial charge in [0.1, 0.15) is 12.6 Å². The largest absolute Gasteiger partial charge is 0.447 e. The minimum Gasteiger partial charge on any atom is -0.447 e. The normalized spacial score (nSPS) is 20.9. The Kier molecular flexibility index (Phi) is 2.30. The van der Waals surface area contributed by atoms with Gasteiger partial charge in [-0.2, -0.15) is 8.78 Å². The lowest BCUT2D eigenvalue weighted by Crippen LogP contribution is -2.41. The fourth-order valence-corrected chi connectivity index (χ4v) is 1.44. The van der Waals surface area contributed by atoms with Crippen molar-refractivity contribution in [2.24, 2.45) is 0 Å². The summed E-state index contributed by atoms with van der Waals surface area (Å²) in [6.07, 6.45) is -0.796. The first-order chi connectivity index (χ1) is 7.10. The third-order valence-corrected chi connectivity index (χ3v) is 2.27. The molecule has 15 heavy (non-hydrogen) atoms. The Hall–Kier alpha value is -1.65. The van der Waals surface area contributed by atoms with E-state index < -0.39 is 18.1 Å². The van der Waals surface area contributed by atoms with E-state index >= 15 is 0 Å². The summed E-state index contributed by atoms with van der Waals surface area (Å²) in [6, 6.07) is 6.08. The predicted molar refractivity (Wildman–Crippen MR) is 48.6 cm³/mol. The fraction of sp³-hybridized carbons (Fsp3) is 0.300. The van der Waals surface area contributed by atoms with E-state index in [2.05, 4.69) is 10.1 Å². The molecule has 0 aliphatic carbocycles. The number of carbonyl (C=O) groups is 1. The molecule has 1 amide bonds. The van der Waals surface area contributed by atoms with Crippen molar-refractivity contribution in [2.45, 2.75) is 12.0 Å². The number of nitrogens with one attached hydrogen (secondary N) is 1. The summed E-state index contributed by atoms with van der Waals surface area (Å²) in [6.45, 7) is -0.305. The van der Waals surface area contributed by atoms with E-state index in [9.17, 15) is 13.6 Å². The van der Waals surface area contributed by atoms with Crippen molar-refractivity contribution in [3.63, 3.8) is 0 Å². The zero-order valence-corrected chi connectivity index (χ0v) is 7.74. The van der Waals surface area contributed by atoms with E-state index in [1.807, 2.05) is 0 Å². The van der Waals surface area contributed by atoms with Gasteiger partial charge in [0.2, 0.25) is 0 Å². The summed E-state index contributed by atoms with van der Waals surface area (Å²) >= 11 is 0. The van der Waals surface area contributed by atoms with Gasteiger partial charge < -0.3 is 10.1 Å². The van der Waals surface area contributed by atoms with E-state index in [0.29, 0.717) is 0 Å². The zero-order chi connectivity index (χ0) is 10.9. The van der Waals surface area contributed by atoms with Gasteiger partial charge in [-0.3, -0.25) is 0 Å². The van der Waals surface area contributed by atoms with Gasteiger partial charge in [-0.05, 0) is 0 Å². The smallest absolute Gasteiger partial charge is 0.407 e. The molecule has 1 aliphatic rings. The van der Waals surface area contributed by atoms with Gasteiger partial charge in [-0.1, -0.05) is 30.3 Å².